The molecule has 0 radical (unpaired) electrons. The molecule has 2 heterocycles. The Bertz CT molecular complexity index is 3600. The maximum atomic E-state index is 3.91. The van der Waals surface area contributed by atoms with Gasteiger partial charge in [-0.15, -0.1) is 0 Å². The van der Waals surface area contributed by atoms with Crippen LogP contribution in [0.3, 0.4) is 0 Å². The van der Waals surface area contributed by atoms with Gasteiger partial charge in [-0.2, -0.15) is 0 Å². The number of nitrogens with one attached hydrogen (secondary N) is 1. The Morgan fingerprint density at radius 2 is 0.914 bits per heavy atom. The van der Waals surface area contributed by atoms with Crippen LogP contribution in [0.5, 0.6) is 0 Å². The highest BCUT2D eigenvalue weighted by Gasteiger charge is 2.24. The Balaban J connectivity index is 1.06. The predicted molar refractivity (Wildman–Crippen MR) is 247 cm³/mol. The van der Waals surface area contributed by atoms with Crippen molar-refractivity contribution in [3.8, 4) is 50.2 Å². The summed E-state index contributed by atoms with van der Waals surface area (Å²) < 4.78 is 2.49. The van der Waals surface area contributed by atoms with Crippen LogP contribution in [0.15, 0.2) is 200 Å². The van der Waals surface area contributed by atoms with Crippen LogP contribution >= 0.6 is 0 Å². The topological polar surface area (TPSA) is 17.0 Å². The third-order valence-corrected chi connectivity index (χ3v) is 12.7. The van der Waals surface area contributed by atoms with Crippen molar-refractivity contribution in [1.82, 2.24) is 4.57 Å². The first-order valence-electron chi connectivity index (χ1n) is 20.1. The average Bonchev–Trinajstić information content (AvgIpc) is 3.54. The van der Waals surface area contributed by atoms with E-state index in [0.717, 1.165) is 11.4 Å². The van der Waals surface area contributed by atoms with E-state index in [9.17, 15) is 0 Å². The van der Waals surface area contributed by atoms with Crippen LogP contribution in [-0.2, 0) is 0 Å². The highest BCUT2D eigenvalue weighted by atomic mass is 15.0. The lowest BCUT2D eigenvalue weighted by atomic mass is 9.89. The molecule has 1 aliphatic rings. The second kappa shape index (κ2) is 11.9. The van der Waals surface area contributed by atoms with Gasteiger partial charge >= 0.3 is 0 Å². The zero-order chi connectivity index (χ0) is 37.9. The fraction of sp³-hybridized carbons (Fsp3) is 0. The van der Waals surface area contributed by atoms with E-state index >= 15 is 0 Å². The minimum atomic E-state index is 1.12. The summed E-state index contributed by atoms with van der Waals surface area (Å²) in [4.78, 5) is 0. The maximum Gasteiger partial charge on any atom is 0.0544 e. The van der Waals surface area contributed by atoms with Crippen molar-refractivity contribution < 1.29 is 0 Å². The summed E-state index contributed by atoms with van der Waals surface area (Å²) in [6.45, 7) is 0. The van der Waals surface area contributed by atoms with Crippen LogP contribution in [0.2, 0.25) is 0 Å². The van der Waals surface area contributed by atoms with E-state index in [1.54, 1.807) is 0 Å². The molecule has 0 unspecified atom stereocenters. The summed E-state index contributed by atoms with van der Waals surface area (Å²) in [5.41, 5.74) is 15.5. The first-order valence-corrected chi connectivity index (χ1v) is 20.1. The zero-order valence-corrected chi connectivity index (χ0v) is 31.5. The largest absolute Gasteiger partial charge is 0.354 e. The van der Waals surface area contributed by atoms with E-state index in [-0.39, 0.29) is 0 Å². The van der Waals surface area contributed by atoms with Crippen LogP contribution < -0.4 is 5.32 Å². The highest BCUT2D eigenvalue weighted by Crippen LogP contribution is 2.50. The van der Waals surface area contributed by atoms with Gasteiger partial charge in [0.2, 0.25) is 0 Å². The molecule has 12 aromatic rings. The van der Waals surface area contributed by atoms with E-state index < -0.39 is 0 Å². The molecule has 0 fully saturated rings. The van der Waals surface area contributed by atoms with Gasteiger partial charge in [-0.05, 0) is 108 Å². The smallest absolute Gasteiger partial charge is 0.0544 e. The van der Waals surface area contributed by atoms with Crippen molar-refractivity contribution in [2.24, 2.45) is 0 Å². The molecule has 0 amide bonds. The van der Waals surface area contributed by atoms with Crippen LogP contribution in [0.1, 0.15) is 0 Å². The Hall–Kier alpha value is -7.68. The summed E-state index contributed by atoms with van der Waals surface area (Å²) in [6.07, 6.45) is 0. The molecule has 1 aliphatic heterocycles. The standard InChI is InChI=1S/C56H34N2/c1-2-13-34(14-3-1)47-32-37(33-49-39-18-5-4-17-38(39)40-19-6-8-25-50(40)57-56(47)49)36-27-29-53-48(31-36)41-20-7-9-26-51(41)58(53)52-30-28-45-43-22-11-16-35-15-10-21-42(54(35)43)44-23-12-24-46(52)55(44)45/h1-33,57H. The molecule has 11 aromatic carbocycles. The third kappa shape index (κ3) is 4.37. The van der Waals surface area contributed by atoms with Gasteiger partial charge in [-0.1, -0.05) is 158 Å². The molecule has 0 bridgehead atoms. The lowest BCUT2D eigenvalue weighted by molar-refractivity contribution is 1.20. The third-order valence-electron chi connectivity index (χ3n) is 12.7. The highest BCUT2D eigenvalue weighted by molar-refractivity contribution is 6.34. The minimum absolute atomic E-state index is 1.12. The number of fused-ring (bicyclic) bond motifs is 10. The number of nitrogens with zero attached hydrogens (tertiary/aromatic N) is 1. The van der Waals surface area contributed by atoms with Crippen LogP contribution in [0.4, 0.5) is 11.4 Å². The predicted octanol–water partition coefficient (Wildman–Crippen LogP) is 15.6. The number of hydrogen-bond acceptors (Lipinski definition) is 1. The van der Waals surface area contributed by atoms with Crippen molar-refractivity contribution in [1.29, 1.82) is 0 Å². The van der Waals surface area contributed by atoms with E-state index in [0.29, 0.717) is 0 Å². The Labute approximate surface area is 335 Å². The Morgan fingerprint density at radius 1 is 0.310 bits per heavy atom. The van der Waals surface area contributed by atoms with Crippen molar-refractivity contribution in [3.05, 3.63) is 200 Å². The van der Waals surface area contributed by atoms with Crippen molar-refractivity contribution >= 4 is 76.3 Å². The van der Waals surface area contributed by atoms with Gasteiger partial charge in [-0.3, -0.25) is 0 Å². The first-order chi connectivity index (χ1) is 28.8. The number of para-hydroxylation sites is 2. The quantitative estimate of drug-likeness (QED) is 0.141. The monoisotopic (exact) mass is 734 g/mol. The summed E-state index contributed by atoms with van der Waals surface area (Å²) in [7, 11) is 0. The zero-order valence-electron chi connectivity index (χ0n) is 31.5. The van der Waals surface area contributed by atoms with Crippen LogP contribution in [0, 0.1) is 0 Å². The lowest BCUT2D eigenvalue weighted by Crippen LogP contribution is -1.97. The van der Waals surface area contributed by atoms with Crippen molar-refractivity contribution in [2.45, 2.75) is 0 Å². The lowest BCUT2D eigenvalue weighted by Gasteiger charge is -2.19. The molecule has 0 spiro atoms. The SMILES string of the molecule is c1ccc(-c2cc(-c3ccc4c(c3)c3ccccc3n4-c3ccc4c5cccc6cccc(c7cccc3c74)c65)cc3c2Nc2ccccc2-c2ccccc2-3)cc1. The number of anilines is 2. The normalized spacial score (nSPS) is 12.3. The summed E-state index contributed by atoms with van der Waals surface area (Å²) >= 11 is 0. The molecular weight excluding hydrogens is 701 g/mol. The van der Waals surface area contributed by atoms with Crippen molar-refractivity contribution in [3.63, 3.8) is 0 Å². The number of aromatic nitrogens is 1. The second-order valence-electron chi connectivity index (χ2n) is 15.7. The fourth-order valence-electron chi connectivity index (χ4n) is 10.2. The van der Waals surface area contributed by atoms with Gasteiger partial charge in [0.05, 0.1) is 22.4 Å². The van der Waals surface area contributed by atoms with Gasteiger partial charge in [-0.25, -0.2) is 0 Å². The van der Waals surface area contributed by atoms with Gasteiger partial charge in [0.25, 0.3) is 0 Å². The number of rotatable bonds is 3. The number of benzene rings is 11. The Morgan fingerprint density at radius 3 is 1.74 bits per heavy atom. The molecule has 0 aliphatic carbocycles. The molecule has 2 nitrogen and oxygen atoms in total. The Kier molecular flexibility index (Phi) is 6.47. The molecule has 0 atom stereocenters. The van der Waals surface area contributed by atoms with Gasteiger partial charge in [0.1, 0.15) is 0 Å². The fourth-order valence-corrected chi connectivity index (χ4v) is 10.2. The molecule has 1 N–H and O–H groups in total. The minimum Gasteiger partial charge on any atom is -0.354 e. The van der Waals surface area contributed by atoms with Gasteiger partial charge < -0.3 is 9.88 Å². The molecule has 268 valence electrons. The molecule has 0 saturated heterocycles. The van der Waals surface area contributed by atoms with E-state index in [1.165, 1.54) is 115 Å². The van der Waals surface area contributed by atoms with Crippen LogP contribution in [-0.4, -0.2) is 4.57 Å². The summed E-state index contributed by atoms with van der Waals surface area (Å²) in [5.74, 6) is 0. The number of hydrogen-bond donors (Lipinski definition) is 1. The second-order valence-corrected chi connectivity index (χ2v) is 15.7. The molecule has 2 heteroatoms. The molecule has 13 rings (SSSR count). The van der Waals surface area contributed by atoms with E-state index in [2.05, 4.69) is 210 Å². The van der Waals surface area contributed by atoms with Gasteiger partial charge in [0, 0.05) is 38.5 Å². The molecule has 58 heavy (non-hydrogen) atoms. The van der Waals surface area contributed by atoms with E-state index in [1.807, 2.05) is 0 Å². The van der Waals surface area contributed by atoms with Crippen molar-refractivity contribution in [2.75, 3.05) is 5.32 Å². The molecule has 1 aromatic heterocycles. The summed E-state index contributed by atoms with van der Waals surface area (Å²) in [6, 6.07) is 74.0. The average molecular weight is 735 g/mol. The molecule has 0 saturated carbocycles. The molecular formula is C56H34N2. The van der Waals surface area contributed by atoms with E-state index in [4.69, 9.17) is 0 Å². The first kappa shape index (κ1) is 31.5. The summed E-state index contributed by atoms with van der Waals surface area (Å²) in [5, 5.41) is 16.8. The van der Waals surface area contributed by atoms with Crippen LogP contribution in [0.25, 0.3) is 115 Å². The van der Waals surface area contributed by atoms with Gasteiger partial charge in [0.15, 0.2) is 0 Å². The maximum absolute atomic E-state index is 3.91.